The lowest BCUT2D eigenvalue weighted by Gasteiger charge is -2.27. The van der Waals surface area contributed by atoms with E-state index in [9.17, 15) is 18.4 Å². The highest BCUT2D eigenvalue weighted by Crippen LogP contribution is 2.35. The second-order valence-electron chi connectivity index (χ2n) is 6.36. The van der Waals surface area contributed by atoms with Crippen molar-refractivity contribution in [2.24, 2.45) is 0 Å². The van der Waals surface area contributed by atoms with E-state index in [1.165, 1.54) is 19.4 Å². The monoisotopic (exact) mass is 387 g/mol. The van der Waals surface area contributed by atoms with Crippen LogP contribution < -0.4 is 20.2 Å². The summed E-state index contributed by atoms with van der Waals surface area (Å²) in [5.41, 5.74) is -0.828. The normalized spacial score (nSPS) is 15.2. The topological polar surface area (TPSA) is 82.5 Å². The van der Waals surface area contributed by atoms with Crippen LogP contribution in [0.2, 0.25) is 0 Å². The summed E-state index contributed by atoms with van der Waals surface area (Å²) in [4.78, 5) is 29.6. The van der Waals surface area contributed by atoms with Gasteiger partial charge in [-0.2, -0.15) is 9.37 Å². The highest BCUT2D eigenvalue weighted by Gasteiger charge is 2.28. The Kier molecular flexibility index (Phi) is 4.21. The van der Waals surface area contributed by atoms with E-state index in [2.05, 4.69) is 10.3 Å². The molecule has 7 nitrogen and oxygen atoms in total. The molecule has 9 heteroatoms. The molecule has 0 radical (unpaired) electrons. The molecule has 0 spiro atoms. The molecule has 0 aliphatic carbocycles. The van der Waals surface area contributed by atoms with Gasteiger partial charge in [0.1, 0.15) is 18.0 Å². The molecule has 0 bridgehead atoms. The number of rotatable bonds is 3. The van der Waals surface area contributed by atoms with Crippen LogP contribution in [0.4, 0.5) is 14.6 Å². The Morgan fingerprint density at radius 1 is 1.39 bits per heavy atom. The number of hydrogen-bond donors (Lipinski definition) is 1. The Hall–Kier alpha value is -3.49. The molecule has 28 heavy (non-hydrogen) atoms. The van der Waals surface area contributed by atoms with Crippen LogP contribution in [0.15, 0.2) is 35.3 Å². The SMILES string of the molecule is COc1cccc(NC(=O)c2cn3c4c(c(F)c(F)cc4c2=O)OC[C@@H]3C)n1. The second-order valence-corrected chi connectivity index (χ2v) is 6.36. The van der Waals surface area contributed by atoms with Gasteiger partial charge in [-0.15, -0.1) is 0 Å². The fourth-order valence-electron chi connectivity index (χ4n) is 3.14. The van der Waals surface area contributed by atoms with E-state index in [0.717, 1.165) is 6.07 Å². The Morgan fingerprint density at radius 3 is 2.93 bits per heavy atom. The molecular formula is C19H15F2N3O4. The van der Waals surface area contributed by atoms with Crippen molar-refractivity contribution in [1.82, 2.24) is 9.55 Å². The Balaban J connectivity index is 1.86. The van der Waals surface area contributed by atoms with Crippen LogP contribution in [0, 0.1) is 11.6 Å². The molecule has 1 aliphatic rings. The third-order valence-corrected chi connectivity index (χ3v) is 4.53. The van der Waals surface area contributed by atoms with E-state index in [0.29, 0.717) is 0 Å². The van der Waals surface area contributed by atoms with Crippen LogP contribution in [0.1, 0.15) is 23.3 Å². The van der Waals surface area contributed by atoms with E-state index in [-0.39, 0.29) is 46.6 Å². The standard InChI is InChI=1S/C19H15F2N3O4/c1-9-8-28-18-15(21)12(20)6-10-16(18)24(9)7-11(17(10)25)19(26)23-13-4-3-5-14(22-13)27-2/h3-7,9H,8H2,1-2H3,(H,22,23,26)/t9-/m0/s1. The summed E-state index contributed by atoms with van der Waals surface area (Å²) in [6, 6.07) is 5.26. The summed E-state index contributed by atoms with van der Waals surface area (Å²) < 4.78 is 39.9. The lowest BCUT2D eigenvalue weighted by atomic mass is 10.1. The zero-order chi connectivity index (χ0) is 20.0. The first-order chi connectivity index (χ1) is 13.4. The van der Waals surface area contributed by atoms with Crippen molar-refractivity contribution in [3.8, 4) is 11.6 Å². The minimum absolute atomic E-state index is 0.0733. The molecule has 144 valence electrons. The van der Waals surface area contributed by atoms with Gasteiger partial charge in [-0.3, -0.25) is 9.59 Å². The summed E-state index contributed by atoms with van der Waals surface area (Å²) in [5.74, 6) is -2.95. The Labute approximate surface area is 157 Å². The van der Waals surface area contributed by atoms with E-state index < -0.39 is 23.0 Å². The zero-order valence-corrected chi connectivity index (χ0v) is 15.0. The highest BCUT2D eigenvalue weighted by atomic mass is 19.2. The summed E-state index contributed by atoms with van der Waals surface area (Å²) in [5, 5.41) is 2.39. The average Bonchev–Trinajstić information content (AvgIpc) is 2.69. The van der Waals surface area contributed by atoms with Crippen LogP contribution in [-0.2, 0) is 0 Å². The maximum Gasteiger partial charge on any atom is 0.262 e. The first-order valence-corrected chi connectivity index (χ1v) is 8.42. The van der Waals surface area contributed by atoms with Crippen molar-refractivity contribution in [3.63, 3.8) is 0 Å². The van der Waals surface area contributed by atoms with E-state index in [1.54, 1.807) is 23.6 Å². The summed E-state index contributed by atoms with van der Waals surface area (Å²) in [7, 11) is 1.43. The van der Waals surface area contributed by atoms with Crippen molar-refractivity contribution in [1.29, 1.82) is 0 Å². The molecule has 0 saturated carbocycles. The number of aromatic nitrogens is 2. The van der Waals surface area contributed by atoms with E-state index in [1.807, 2.05) is 0 Å². The fraction of sp³-hybridized carbons (Fsp3) is 0.211. The number of pyridine rings is 2. The van der Waals surface area contributed by atoms with Gasteiger partial charge in [0.2, 0.25) is 17.1 Å². The first-order valence-electron chi connectivity index (χ1n) is 8.42. The third kappa shape index (κ3) is 2.75. The summed E-state index contributed by atoms with van der Waals surface area (Å²) in [6.07, 6.45) is 1.33. The lowest BCUT2D eigenvalue weighted by Crippen LogP contribution is -2.29. The van der Waals surface area contributed by atoms with Crippen molar-refractivity contribution in [2.45, 2.75) is 13.0 Å². The van der Waals surface area contributed by atoms with Gasteiger partial charge in [-0.05, 0) is 19.1 Å². The number of halogens is 2. The van der Waals surface area contributed by atoms with Crippen LogP contribution >= 0.6 is 0 Å². The molecule has 1 aliphatic heterocycles. The Bertz CT molecular complexity index is 1180. The molecular weight excluding hydrogens is 372 g/mol. The predicted octanol–water partition coefficient (Wildman–Crippen LogP) is 2.89. The number of methoxy groups -OCH3 is 1. The minimum Gasteiger partial charge on any atom is -0.486 e. The molecule has 3 aromatic rings. The van der Waals surface area contributed by atoms with Crippen LogP contribution in [0.3, 0.4) is 0 Å². The number of ether oxygens (including phenoxy) is 2. The average molecular weight is 387 g/mol. The van der Waals surface area contributed by atoms with Gasteiger partial charge < -0.3 is 19.4 Å². The van der Waals surface area contributed by atoms with Gasteiger partial charge in [0, 0.05) is 12.3 Å². The van der Waals surface area contributed by atoms with Gasteiger partial charge in [0.15, 0.2) is 11.6 Å². The Morgan fingerprint density at radius 2 is 2.18 bits per heavy atom. The lowest BCUT2D eigenvalue weighted by molar-refractivity contribution is 0.102. The molecule has 0 unspecified atom stereocenters. The number of hydrogen-bond acceptors (Lipinski definition) is 5. The molecule has 1 N–H and O–H groups in total. The largest absolute Gasteiger partial charge is 0.486 e. The number of nitrogens with one attached hydrogen (secondary N) is 1. The minimum atomic E-state index is -1.22. The zero-order valence-electron chi connectivity index (χ0n) is 15.0. The molecule has 1 aromatic carbocycles. The van der Waals surface area contributed by atoms with Crippen LogP contribution in [0.25, 0.3) is 10.9 Å². The van der Waals surface area contributed by atoms with Crippen molar-refractivity contribution in [2.75, 3.05) is 19.0 Å². The maximum absolute atomic E-state index is 14.1. The van der Waals surface area contributed by atoms with Crippen LogP contribution in [0.5, 0.6) is 11.6 Å². The number of carbonyl (C=O) groups is 1. The molecule has 4 rings (SSSR count). The summed E-state index contributed by atoms with van der Waals surface area (Å²) >= 11 is 0. The van der Waals surface area contributed by atoms with Gasteiger partial charge >= 0.3 is 0 Å². The number of benzene rings is 1. The highest BCUT2D eigenvalue weighted by molar-refractivity contribution is 6.05. The molecule has 1 amide bonds. The third-order valence-electron chi connectivity index (χ3n) is 4.53. The number of anilines is 1. The number of carbonyl (C=O) groups excluding carboxylic acids is 1. The van der Waals surface area contributed by atoms with Crippen molar-refractivity contribution < 1.29 is 23.0 Å². The molecule has 2 aromatic heterocycles. The smallest absolute Gasteiger partial charge is 0.262 e. The fourth-order valence-corrected chi connectivity index (χ4v) is 3.14. The van der Waals surface area contributed by atoms with Gasteiger partial charge in [0.05, 0.1) is 24.1 Å². The molecule has 0 saturated heterocycles. The van der Waals surface area contributed by atoms with Crippen molar-refractivity contribution in [3.05, 3.63) is 57.9 Å². The summed E-state index contributed by atoms with van der Waals surface area (Å²) in [6.45, 7) is 1.85. The van der Waals surface area contributed by atoms with Gasteiger partial charge in [0.25, 0.3) is 5.91 Å². The second kappa shape index (κ2) is 6.59. The van der Waals surface area contributed by atoms with Gasteiger partial charge in [-0.1, -0.05) is 6.07 Å². The molecule has 1 atom stereocenters. The maximum atomic E-state index is 14.1. The first kappa shape index (κ1) is 17.9. The number of amides is 1. The van der Waals surface area contributed by atoms with Crippen molar-refractivity contribution >= 4 is 22.6 Å². The molecule has 3 heterocycles. The van der Waals surface area contributed by atoms with Crippen LogP contribution in [-0.4, -0.2) is 29.2 Å². The van der Waals surface area contributed by atoms with E-state index in [4.69, 9.17) is 9.47 Å². The van der Waals surface area contributed by atoms with Gasteiger partial charge in [-0.25, -0.2) is 4.39 Å². The molecule has 0 fully saturated rings. The predicted molar refractivity (Wildman–Crippen MR) is 97.1 cm³/mol. The quantitative estimate of drug-likeness (QED) is 0.747. The number of nitrogens with zero attached hydrogens (tertiary/aromatic N) is 2. The van der Waals surface area contributed by atoms with E-state index >= 15 is 0 Å².